The number of rotatable bonds is 8. The first kappa shape index (κ1) is 20.1. The van der Waals surface area contributed by atoms with Gasteiger partial charge in [-0.3, -0.25) is 4.79 Å². The molecule has 3 N–H and O–H groups in total. The number of nitrogens with one attached hydrogen (secondary N) is 1. The number of hydrogen-bond acceptors (Lipinski definition) is 5. The predicted molar refractivity (Wildman–Crippen MR) is 124 cm³/mol. The lowest BCUT2D eigenvalue weighted by molar-refractivity contribution is -0.117. The number of amides is 1. The second-order valence-electron chi connectivity index (χ2n) is 8.07. The highest BCUT2D eigenvalue weighted by Gasteiger charge is 2.29. The zero-order chi connectivity index (χ0) is 22.1. The van der Waals surface area contributed by atoms with Crippen LogP contribution in [0.15, 0.2) is 55.1 Å². The fraction of sp³-hybridized carbons (Fsp3) is 0.292. The van der Waals surface area contributed by atoms with Crippen molar-refractivity contribution in [3.8, 4) is 17.0 Å². The highest BCUT2D eigenvalue weighted by Crippen LogP contribution is 2.38. The van der Waals surface area contributed by atoms with Gasteiger partial charge in [-0.25, -0.2) is 0 Å². The van der Waals surface area contributed by atoms with Crippen molar-refractivity contribution in [3.05, 3.63) is 55.1 Å². The number of hydrogen-bond donors (Lipinski definition) is 2. The van der Waals surface area contributed by atoms with Gasteiger partial charge < -0.3 is 24.9 Å². The van der Waals surface area contributed by atoms with Gasteiger partial charge >= 0.3 is 0 Å². The Hall–Kier alpha value is -3.81. The Morgan fingerprint density at radius 2 is 1.91 bits per heavy atom. The molecule has 0 atom stereocenters. The van der Waals surface area contributed by atoms with E-state index >= 15 is 0 Å². The lowest BCUT2D eigenvalue weighted by atomic mass is 10.1. The largest absolute Gasteiger partial charge is 0.492 e. The number of aromatic nitrogens is 4. The first-order chi connectivity index (χ1) is 15.6. The molecule has 32 heavy (non-hydrogen) atoms. The molecule has 4 aromatic rings. The third-order valence-corrected chi connectivity index (χ3v) is 5.85. The summed E-state index contributed by atoms with van der Waals surface area (Å²) >= 11 is 0. The van der Waals surface area contributed by atoms with Crippen LogP contribution in [0, 0.1) is 5.92 Å². The Labute approximate surface area is 186 Å². The molecule has 164 valence electrons. The maximum absolute atomic E-state index is 12.0. The first-order valence-electron chi connectivity index (χ1n) is 10.9. The monoisotopic (exact) mass is 430 g/mol. The van der Waals surface area contributed by atoms with Gasteiger partial charge in [0.05, 0.1) is 23.4 Å². The molecule has 8 heteroatoms. The van der Waals surface area contributed by atoms with E-state index in [2.05, 4.69) is 27.0 Å². The highest BCUT2D eigenvalue weighted by atomic mass is 16.5. The minimum absolute atomic E-state index is 0.108. The van der Waals surface area contributed by atoms with E-state index in [9.17, 15) is 4.79 Å². The zero-order valence-electron chi connectivity index (χ0n) is 18.0. The SMILES string of the molecule is CCn1c(-c2ccc(NC(=O)C3CC3)cc2)c(N)c2ccc(OCCn3cnnc3)cc21. The number of nitrogens with zero attached hydrogens (tertiary/aromatic N) is 4. The van der Waals surface area contributed by atoms with Gasteiger partial charge in [-0.1, -0.05) is 12.1 Å². The number of nitrogen functional groups attached to an aromatic ring is 1. The molecule has 1 saturated carbocycles. The van der Waals surface area contributed by atoms with Crippen molar-refractivity contribution in [3.63, 3.8) is 0 Å². The molecule has 8 nitrogen and oxygen atoms in total. The minimum atomic E-state index is 0.108. The van der Waals surface area contributed by atoms with Crippen LogP contribution in [0.3, 0.4) is 0 Å². The summed E-state index contributed by atoms with van der Waals surface area (Å²) in [6, 6.07) is 13.9. The van der Waals surface area contributed by atoms with Crippen molar-refractivity contribution in [2.45, 2.75) is 32.9 Å². The van der Waals surface area contributed by atoms with Crippen molar-refractivity contribution in [1.82, 2.24) is 19.3 Å². The smallest absolute Gasteiger partial charge is 0.227 e. The van der Waals surface area contributed by atoms with E-state index in [0.29, 0.717) is 13.2 Å². The van der Waals surface area contributed by atoms with Gasteiger partial charge in [0.15, 0.2) is 0 Å². The van der Waals surface area contributed by atoms with Crippen LogP contribution >= 0.6 is 0 Å². The maximum Gasteiger partial charge on any atom is 0.227 e. The molecule has 1 aliphatic rings. The van der Waals surface area contributed by atoms with E-state index in [4.69, 9.17) is 10.5 Å². The van der Waals surface area contributed by atoms with E-state index in [1.165, 1.54) is 0 Å². The molecule has 0 spiro atoms. The zero-order valence-corrected chi connectivity index (χ0v) is 18.0. The van der Waals surface area contributed by atoms with Crippen LogP contribution in [-0.2, 0) is 17.9 Å². The maximum atomic E-state index is 12.0. The van der Waals surface area contributed by atoms with Gasteiger partial charge in [0.25, 0.3) is 0 Å². The number of benzene rings is 2. The minimum Gasteiger partial charge on any atom is -0.492 e. The summed E-state index contributed by atoms with van der Waals surface area (Å²) in [6.07, 6.45) is 5.32. The standard InChI is InChI=1S/C24H26N6O2/c1-2-30-21-13-19(32-12-11-29-14-26-27-15-29)9-10-20(21)22(25)23(30)16-5-7-18(8-6-16)28-24(31)17-3-4-17/h5-10,13-15,17H,2-4,11-12,25H2,1H3,(H,28,31). The second-order valence-corrected chi connectivity index (χ2v) is 8.07. The van der Waals surface area contributed by atoms with Crippen molar-refractivity contribution >= 4 is 28.2 Å². The lowest BCUT2D eigenvalue weighted by Gasteiger charge is -2.11. The molecule has 1 fully saturated rings. The van der Waals surface area contributed by atoms with Crippen LogP contribution in [0.25, 0.3) is 22.2 Å². The summed E-state index contributed by atoms with van der Waals surface area (Å²) < 4.78 is 10.0. The first-order valence-corrected chi connectivity index (χ1v) is 10.9. The van der Waals surface area contributed by atoms with Crippen molar-refractivity contribution < 1.29 is 9.53 Å². The van der Waals surface area contributed by atoms with Gasteiger partial charge in [-0.2, -0.15) is 0 Å². The average Bonchev–Trinajstić information content (AvgIpc) is 3.47. The Morgan fingerprint density at radius 3 is 2.59 bits per heavy atom. The van der Waals surface area contributed by atoms with Gasteiger partial charge in [-0.05, 0) is 44.0 Å². The lowest BCUT2D eigenvalue weighted by Crippen LogP contribution is -2.13. The van der Waals surface area contributed by atoms with Crippen LogP contribution in [0.2, 0.25) is 0 Å². The van der Waals surface area contributed by atoms with Crippen molar-refractivity contribution in [2.24, 2.45) is 5.92 Å². The van der Waals surface area contributed by atoms with Crippen molar-refractivity contribution in [1.29, 1.82) is 0 Å². The molecule has 2 aromatic heterocycles. The number of carbonyl (C=O) groups is 1. The summed E-state index contributed by atoms with van der Waals surface area (Å²) in [5.41, 5.74) is 11.2. The third-order valence-electron chi connectivity index (χ3n) is 5.85. The average molecular weight is 431 g/mol. The van der Waals surface area contributed by atoms with Gasteiger partial charge in [0, 0.05) is 35.2 Å². The molecule has 2 heterocycles. The number of fused-ring (bicyclic) bond motifs is 1. The molecular weight excluding hydrogens is 404 g/mol. The van der Waals surface area contributed by atoms with E-state index in [0.717, 1.165) is 58.7 Å². The summed E-state index contributed by atoms with van der Waals surface area (Å²) in [7, 11) is 0. The fourth-order valence-corrected chi connectivity index (χ4v) is 3.99. The number of nitrogens with two attached hydrogens (primary N) is 1. The molecule has 0 bridgehead atoms. The summed E-state index contributed by atoms with van der Waals surface area (Å²) in [4.78, 5) is 12.0. The van der Waals surface area contributed by atoms with E-state index in [1.807, 2.05) is 47.0 Å². The number of ether oxygens (including phenoxy) is 1. The Bertz CT molecular complexity index is 1240. The number of anilines is 2. The van der Waals surface area contributed by atoms with Gasteiger partial charge in [0.1, 0.15) is 25.0 Å². The molecule has 2 aromatic carbocycles. The van der Waals surface area contributed by atoms with Crippen LogP contribution in [0.4, 0.5) is 11.4 Å². The van der Waals surface area contributed by atoms with Crippen LogP contribution in [0.1, 0.15) is 19.8 Å². The van der Waals surface area contributed by atoms with Crippen molar-refractivity contribution in [2.75, 3.05) is 17.7 Å². The Morgan fingerprint density at radius 1 is 1.16 bits per heavy atom. The fourth-order valence-electron chi connectivity index (χ4n) is 3.99. The molecule has 5 rings (SSSR count). The molecule has 0 saturated heterocycles. The summed E-state index contributed by atoms with van der Waals surface area (Å²) in [6.45, 7) is 4.07. The Balaban J connectivity index is 1.39. The normalized spacial score (nSPS) is 13.4. The van der Waals surface area contributed by atoms with E-state index in [-0.39, 0.29) is 11.8 Å². The topological polar surface area (TPSA) is 100.0 Å². The van der Waals surface area contributed by atoms with Gasteiger partial charge in [-0.15, -0.1) is 10.2 Å². The quantitative estimate of drug-likeness (QED) is 0.441. The van der Waals surface area contributed by atoms with E-state index in [1.54, 1.807) is 12.7 Å². The predicted octanol–water partition coefficient (Wildman–Crippen LogP) is 3.93. The second kappa shape index (κ2) is 8.37. The molecule has 1 amide bonds. The summed E-state index contributed by atoms with van der Waals surface area (Å²) in [5.74, 6) is 1.08. The van der Waals surface area contributed by atoms with Gasteiger partial charge in [0.2, 0.25) is 5.91 Å². The summed E-state index contributed by atoms with van der Waals surface area (Å²) in [5, 5.41) is 11.6. The van der Waals surface area contributed by atoms with E-state index < -0.39 is 0 Å². The molecule has 0 radical (unpaired) electrons. The van der Waals surface area contributed by atoms with Crippen LogP contribution in [-0.4, -0.2) is 31.8 Å². The highest BCUT2D eigenvalue weighted by molar-refractivity contribution is 6.01. The molecule has 1 aliphatic carbocycles. The number of aryl methyl sites for hydroxylation is 1. The molecule has 0 aliphatic heterocycles. The Kier molecular flexibility index (Phi) is 5.26. The van der Waals surface area contributed by atoms with Crippen LogP contribution < -0.4 is 15.8 Å². The number of carbonyl (C=O) groups excluding carboxylic acids is 1. The van der Waals surface area contributed by atoms with Crippen LogP contribution in [0.5, 0.6) is 5.75 Å². The molecular formula is C24H26N6O2. The molecule has 0 unspecified atom stereocenters. The third kappa shape index (κ3) is 3.91.